The molecule has 7 aromatic rings. The number of hydrogen-bond acceptors (Lipinski definition) is 3. The molecule has 226 valence electrons. The second-order valence-corrected chi connectivity index (χ2v) is 15.6. The molecular formula is C43H30BNO2Si. The van der Waals surface area contributed by atoms with Crippen LogP contribution in [0, 0.1) is 6.92 Å². The number of nitrogens with zero attached hydrogens (tertiary/aromatic N) is 1. The van der Waals surface area contributed by atoms with Gasteiger partial charge in [0.05, 0.1) is 0 Å². The third-order valence-electron chi connectivity index (χ3n) is 10.2. The number of para-hydroxylation sites is 2. The van der Waals surface area contributed by atoms with Crippen LogP contribution < -0.4 is 46.3 Å². The Bertz CT molecular complexity index is 2390. The molecule has 3 heterocycles. The lowest BCUT2D eigenvalue weighted by Crippen LogP contribution is -2.58. The first-order valence-electron chi connectivity index (χ1n) is 16.6. The van der Waals surface area contributed by atoms with E-state index in [1.54, 1.807) is 0 Å². The third-order valence-corrected chi connectivity index (χ3v) is 13.6. The van der Waals surface area contributed by atoms with Crippen molar-refractivity contribution in [3.05, 3.63) is 163 Å². The summed E-state index contributed by atoms with van der Waals surface area (Å²) >= 11 is 0. The molecule has 0 spiro atoms. The summed E-state index contributed by atoms with van der Waals surface area (Å²) in [5.74, 6) is 3.51. The van der Waals surface area contributed by atoms with E-state index in [-0.39, 0.29) is 6.71 Å². The van der Waals surface area contributed by atoms with Crippen LogP contribution in [0.2, 0.25) is 0 Å². The number of anilines is 3. The molecule has 10 rings (SSSR count). The first-order valence-corrected chi connectivity index (χ1v) is 18.3. The minimum Gasteiger partial charge on any atom is -0.458 e. The minimum absolute atomic E-state index is 0.00843. The summed E-state index contributed by atoms with van der Waals surface area (Å²) in [7, 11) is -1.88. The normalized spacial score (nSPS) is 14.8. The first kappa shape index (κ1) is 27.3. The smallest absolute Gasteiger partial charge is 0.260 e. The molecule has 3 nitrogen and oxygen atoms in total. The molecule has 0 saturated carbocycles. The van der Waals surface area contributed by atoms with Gasteiger partial charge in [-0.1, -0.05) is 114 Å². The molecule has 0 aliphatic carbocycles. The molecule has 48 heavy (non-hydrogen) atoms. The van der Waals surface area contributed by atoms with Crippen LogP contribution in [0.25, 0.3) is 11.1 Å². The number of hydrogen-bond donors (Lipinski definition) is 0. The van der Waals surface area contributed by atoms with Crippen molar-refractivity contribution in [2.45, 2.75) is 6.92 Å². The quantitative estimate of drug-likeness (QED) is 0.210. The van der Waals surface area contributed by atoms with Gasteiger partial charge < -0.3 is 14.4 Å². The Morgan fingerprint density at radius 3 is 2.02 bits per heavy atom. The fraction of sp³-hybridized carbons (Fsp3) is 0.0233. The molecule has 3 aliphatic heterocycles. The van der Waals surface area contributed by atoms with Gasteiger partial charge in [0.25, 0.3) is 6.71 Å². The van der Waals surface area contributed by atoms with Gasteiger partial charge in [0, 0.05) is 22.5 Å². The van der Waals surface area contributed by atoms with Gasteiger partial charge in [0.15, 0.2) is 0 Å². The Labute approximate surface area is 282 Å². The highest BCUT2D eigenvalue weighted by molar-refractivity contribution is 6.99. The third kappa shape index (κ3) is 4.01. The molecule has 0 fully saturated rings. The largest absolute Gasteiger partial charge is 0.458 e. The van der Waals surface area contributed by atoms with Crippen LogP contribution in [0.15, 0.2) is 158 Å². The van der Waals surface area contributed by atoms with E-state index in [0.29, 0.717) is 0 Å². The molecule has 1 atom stereocenters. The molecule has 0 aromatic heterocycles. The zero-order valence-corrected chi connectivity index (χ0v) is 27.6. The van der Waals surface area contributed by atoms with E-state index in [0.717, 1.165) is 45.1 Å². The Kier molecular flexibility index (Phi) is 6.05. The Morgan fingerprint density at radius 2 is 1.17 bits per heavy atom. The molecule has 1 unspecified atom stereocenters. The number of aryl methyl sites for hydroxylation is 1. The highest BCUT2D eigenvalue weighted by atomic mass is 28.3. The van der Waals surface area contributed by atoms with E-state index in [4.69, 9.17) is 9.47 Å². The average Bonchev–Trinajstić information content (AvgIpc) is 3.14. The van der Waals surface area contributed by atoms with Gasteiger partial charge in [-0.05, 0) is 93.4 Å². The van der Waals surface area contributed by atoms with Crippen molar-refractivity contribution in [3.63, 3.8) is 0 Å². The SMILES string of the molecule is Cc1ccccc1-c1cccc2c1[SiH](c1ccccc1)c1ccccc1N2c1ccc2c(c1)B1c3ccccc3Oc3cccc(c31)O2. The second kappa shape index (κ2) is 10.6. The van der Waals surface area contributed by atoms with Crippen LogP contribution in [0.1, 0.15) is 5.56 Å². The molecule has 0 amide bonds. The van der Waals surface area contributed by atoms with Gasteiger partial charge >= 0.3 is 0 Å². The maximum Gasteiger partial charge on any atom is 0.260 e. The topological polar surface area (TPSA) is 21.7 Å². The lowest BCUT2D eigenvalue weighted by atomic mass is 9.35. The lowest BCUT2D eigenvalue weighted by molar-refractivity contribution is 0.464. The van der Waals surface area contributed by atoms with Crippen molar-refractivity contribution < 1.29 is 9.47 Å². The van der Waals surface area contributed by atoms with Crippen LogP contribution in [0.5, 0.6) is 23.0 Å². The maximum atomic E-state index is 6.59. The van der Waals surface area contributed by atoms with Crippen LogP contribution in [0.4, 0.5) is 17.1 Å². The van der Waals surface area contributed by atoms with E-state index in [9.17, 15) is 0 Å². The molecule has 7 aromatic carbocycles. The molecular weight excluding hydrogens is 601 g/mol. The summed E-state index contributed by atoms with van der Waals surface area (Å²) in [4.78, 5) is 2.49. The molecule has 3 aliphatic rings. The van der Waals surface area contributed by atoms with Gasteiger partial charge in [-0.25, -0.2) is 0 Å². The van der Waals surface area contributed by atoms with Gasteiger partial charge in [-0.2, -0.15) is 0 Å². The predicted molar refractivity (Wildman–Crippen MR) is 201 cm³/mol. The van der Waals surface area contributed by atoms with Gasteiger partial charge in [0.1, 0.15) is 31.8 Å². The molecule has 0 N–H and O–H groups in total. The number of rotatable bonds is 3. The zero-order valence-electron chi connectivity index (χ0n) is 26.4. The first-order chi connectivity index (χ1) is 23.7. The number of fused-ring (bicyclic) bond motifs is 6. The summed E-state index contributed by atoms with van der Waals surface area (Å²) < 4.78 is 13.0. The Balaban J connectivity index is 1.23. The zero-order chi connectivity index (χ0) is 31.8. The van der Waals surface area contributed by atoms with Crippen molar-refractivity contribution >= 4 is 64.5 Å². The number of benzene rings is 7. The summed E-state index contributed by atoms with van der Waals surface area (Å²) in [6, 6.07) is 57.2. The van der Waals surface area contributed by atoms with Crippen LogP contribution >= 0.6 is 0 Å². The molecule has 0 saturated heterocycles. The lowest BCUT2D eigenvalue weighted by Gasteiger charge is -2.39. The van der Waals surface area contributed by atoms with Crippen molar-refractivity contribution in [2.75, 3.05) is 4.90 Å². The van der Waals surface area contributed by atoms with E-state index >= 15 is 0 Å². The average molecular weight is 632 g/mol. The summed E-state index contributed by atoms with van der Waals surface area (Å²) in [6.45, 7) is 2.23. The van der Waals surface area contributed by atoms with Crippen LogP contribution in [-0.2, 0) is 0 Å². The standard InChI is InChI=1S/C43H30BNO2Si/c1-28-13-5-6-16-31(28)32-17-11-20-36-43(32)48(30-14-3-2-4-15-30)41-24-10-8-19-35(41)45(36)29-25-26-38-34(27-29)44-33-18-7-9-21-37(33)46-39-22-12-23-40(47-38)42(39)44/h2-27,48H,1H3. The summed E-state index contributed by atoms with van der Waals surface area (Å²) in [5.41, 5.74) is 10.9. The summed E-state index contributed by atoms with van der Waals surface area (Å²) in [6.07, 6.45) is 0. The van der Waals surface area contributed by atoms with Crippen molar-refractivity contribution in [3.8, 4) is 34.1 Å². The second-order valence-electron chi connectivity index (χ2n) is 12.9. The highest BCUT2D eigenvalue weighted by Crippen LogP contribution is 2.41. The van der Waals surface area contributed by atoms with Crippen LogP contribution in [0.3, 0.4) is 0 Å². The molecule has 0 bridgehead atoms. The van der Waals surface area contributed by atoms with Crippen LogP contribution in [-0.4, -0.2) is 15.5 Å². The van der Waals surface area contributed by atoms with Crippen molar-refractivity contribution in [1.82, 2.24) is 0 Å². The predicted octanol–water partition coefficient (Wildman–Crippen LogP) is 6.42. The fourth-order valence-corrected chi connectivity index (χ4v) is 11.7. The van der Waals surface area contributed by atoms with Gasteiger partial charge in [-0.3, -0.25) is 0 Å². The van der Waals surface area contributed by atoms with Crippen molar-refractivity contribution in [2.24, 2.45) is 0 Å². The fourth-order valence-electron chi connectivity index (χ4n) is 8.16. The molecule has 0 radical (unpaired) electrons. The maximum absolute atomic E-state index is 6.59. The molecule has 5 heteroatoms. The Morgan fingerprint density at radius 1 is 0.521 bits per heavy atom. The monoisotopic (exact) mass is 631 g/mol. The van der Waals surface area contributed by atoms with E-state index in [2.05, 4.69) is 157 Å². The van der Waals surface area contributed by atoms with Gasteiger partial charge in [-0.15, -0.1) is 0 Å². The van der Waals surface area contributed by atoms with Gasteiger partial charge in [0.2, 0.25) is 0 Å². The Hall–Kier alpha value is -5.78. The summed E-state index contributed by atoms with van der Waals surface area (Å²) in [5, 5.41) is 4.30. The number of ether oxygens (including phenoxy) is 2. The van der Waals surface area contributed by atoms with Crippen molar-refractivity contribution in [1.29, 1.82) is 0 Å². The van der Waals surface area contributed by atoms with E-state index < -0.39 is 8.80 Å². The minimum atomic E-state index is -1.88. The van der Waals surface area contributed by atoms with E-state index in [1.165, 1.54) is 43.6 Å². The van der Waals surface area contributed by atoms with E-state index in [1.807, 2.05) is 12.1 Å². The highest BCUT2D eigenvalue weighted by Gasteiger charge is 2.41.